The molecule has 1 aromatic heterocycles. The molecule has 3 saturated carbocycles. The highest BCUT2D eigenvalue weighted by Crippen LogP contribution is 2.41. The standard InChI is InChI=1S/C36H51N3O12/c40-31(46-19-22-7-10-25-28(16-22)49-25)4-1-13-37-34(43)38(14-2-5-32(41)47-20-23-8-11-26-29(17-23)50-26)36(45)39(35(37)44)15-3-6-33(42)48-21-24-9-12-27-30(18-24)51-27/h22-30H,1-21H2. The summed E-state index contributed by atoms with van der Waals surface area (Å²) in [5.74, 6) is -0.435. The molecule has 0 spiro atoms. The number of epoxide rings is 3. The first kappa shape index (κ1) is 36.1. The summed E-state index contributed by atoms with van der Waals surface area (Å²) in [6.07, 6.45) is 10.9. The summed E-state index contributed by atoms with van der Waals surface area (Å²) in [7, 11) is 0. The van der Waals surface area contributed by atoms with E-state index in [0.29, 0.717) is 38.1 Å². The third-order valence-corrected chi connectivity index (χ3v) is 11.5. The summed E-state index contributed by atoms with van der Waals surface area (Å²) in [6.45, 7) is 0.661. The van der Waals surface area contributed by atoms with Crippen LogP contribution in [0.15, 0.2) is 14.4 Å². The zero-order chi connectivity index (χ0) is 35.5. The lowest BCUT2D eigenvalue weighted by atomic mass is 9.90. The van der Waals surface area contributed by atoms with Crippen molar-refractivity contribution in [3.05, 3.63) is 31.5 Å². The van der Waals surface area contributed by atoms with Crippen molar-refractivity contribution in [1.29, 1.82) is 0 Å². The molecule has 15 heteroatoms. The number of hydrogen-bond donors (Lipinski definition) is 0. The van der Waals surface area contributed by atoms with Gasteiger partial charge in [-0.3, -0.25) is 14.4 Å². The zero-order valence-corrected chi connectivity index (χ0v) is 29.3. The van der Waals surface area contributed by atoms with Gasteiger partial charge in [-0.2, -0.15) is 0 Å². The highest BCUT2D eigenvalue weighted by Gasteiger charge is 2.45. The Labute approximate surface area is 295 Å². The van der Waals surface area contributed by atoms with Gasteiger partial charge in [-0.05, 0) is 94.8 Å². The Kier molecular flexibility index (Phi) is 11.4. The minimum absolute atomic E-state index is 0.000997. The Morgan fingerprint density at radius 2 is 0.765 bits per heavy atom. The van der Waals surface area contributed by atoms with E-state index in [1.54, 1.807) is 0 Å². The van der Waals surface area contributed by atoms with Gasteiger partial charge in [0.1, 0.15) is 0 Å². The summed E-state index contributed by atoms with van der Waals surface area (Å²) in [6, 6.07) is 0. The SMILES string of the molecule is O=C(CCCn1c(=O)n(CCCC(=O)OCC2CCC3OC3C2)c(=O)n(CCCC(=O)OCC2CCC3OC3C2)c1=O)OCC1CCC2OC2C1. The van der Waals surface area contributed by atoms with Crippen LogP contribution in [0, 0.1) is 17.8 Å². The normalized spacial score (nSPS) is 31.4. The molecule has 3 aliphatic carbocycles. The number of carbonyl (C=O) groups is 3. The van der Waals surface area contributed by atoms with Crippen LogP contribution in [0.4, 0.5) is 0 Å². The van der Waals surface area contributed by atoms with Crippen LogP contribution in [0.3, 0.4) is 0 Å². The van der Waals surface area contributed by atoms with Crippen LogP contribution < -0.4 is 17.1 Å². The Morgan fingerprint density at radius 1 is 0.471 bits per heavy atom. The van der Waals surface area contributed by atoms with Gasteiger partial charge < -0.3 is 28.4 Å². The van der Waals surface area contributed by atoms with E-state index in [9.17, 15) is 28.8 Å². The Morgan fingerprint density at radius 3 is 1.04 bits per heavy atom. The number of esters is 3. The third-order valence-electron chi connectivity index (χ3n) is 11.5. The van der Waals surface area contributed by atoms with E-state index in [4.69, 9.17) is 28.4 Å². The highest BCUT2D eigenvalue weighted by molar-refractivity contribution is 5.70. The largest absolute Gasteiger partial charge is 0.465 e. The maximum absolute atomic E-state index is 13.5. The van der Waals surface area contributed by atoms with Crippen molar-refractivity contribution in [2.45, 2.75) is 153 Å². The molecule has 0 radical (unpaired) electrons. The minimum atomic E-state index is -0.806. The van der Waals surface area contributed by atoms with Crippen LogP contribution in [-0.2, 0) is 62.4 Å². The van der Waals surface area contributed by atoms with Gasteiger partial charge in [0.25, 0.3) is 0 Å². The molecule has 1 aromatic rings. The van der Waals surface area contributed by atoms with Crippen LogP contribution in [-0.4, -0.2) is 88.1 Å². The first-order chi connectivity index (χ1) is 24.7. The molecule has 9 unspecified atom stereocenters. The predicted octanol–water partition coefficient (Wildman–Crippen LogP) is 1.84. The lowest BCUT2D eigenvalue weighted by Gasteiger charge is -2.19. The second-order valence-corrected chi connectivity index (χ2v) is 15.3. The number of ether oxygens (including phenoxy) is 6. The molecule has 51 heavy (non-hydrogen) atoms. The van der Waals surface area contributed by atoms with Crippen LogP contribution in [0.5, 0.6) is 0 Å². The van der Waals surface area contributed by atoms with Crippen molar-refractivity contribution >= 4 is 17.9 Å². The van der Waals surface area contributed by atoms with Gasteiger partial charge in [0.2, 0.25) is 0 Å². The fourth-order valence-electron chi connectivity index (χ4n) is 8.16. The molecule has 0 N–H and O–H groups in total. The summed E-state index contributed by atoms with van der Waals surface area (Å²) >= 11 is 0. The third kappa shape index (κ3) is 9.58. The van der Waals surface area contributed by atoms with Gasteiger partial charge in [0.15, 0.2) is 0 Å². The molecule has 3 aliphatic heterocycles. The van der Waals surface area contributed by atoms with Crippen molar-refractivity contribution in [2.24, 2.45) is 17.8 Å². The number of carbonyl (C=O) groups excluding carboxylic acids is 3. The second-order valence-electron chi connectivity index (χ2n) is 15.3. The molecule has 0 bridgehead atoms. The minimum Gasteiger partial charge on any atom is -0.465 e. The van der Waals surface area contributed by atoms with E-state index in [0.717, 1.165) is 71.5 Å². The number of fused-ring (bicyclic) bond motifs is 3. The average molecular weight is 718 g/mol. The molecular weight excluding hydrogens is 666 g/mol. The molecule has 4 heterocycles. The van der Waals surface area contributed by atoms with Crippen molar-refractivity contribution in [3.63, 3.8) is 0 Å². The number of aromatic nitrogens is 3. The first-order valence-corrected chi connectivity index (χ1v) is 19.1. The first-order valence-electron chi connectivity index (χ1n) is 19.1. The lowest BCUT2D eigenvalue weighted by Crippen LogP contribution is -2.54. The van der Waals surface area contributed by atoms with E-state index in [2.05, 4.69) is 0 Å². The number of nitrogens with zero attached hydrogens (tertiary/aromatic N) is 3. The lowest BCUT2D eigenvalue weighted by molar-refractivity contribution is -0.146. The monoisotopic (exact) mass is 717 g/mol. The second kappa shape index (κ2) is 16.2. The predicted molar refractivity (Wildman–Crippen MR) is 178 cm³/mol. The smallest absolute Gasteiger partial charge is 0.336 e. The van der Waals surface area contributed by atoms with E-state index in [-0.39, 0.29) is 94.2 Å². The van der Waals surface area contributed by atoms with Crippen molar-refractivity contribution in [2.75, 3.05) is 19.8 Å². The molecule has 9 atom stereocenters. The van der Waals surface area contributed by atoms with Gasteiger partial charge in [-0.1, -0.05) is 0 Å². The zero-order valence-electron chi connectivity index (χ0n) is 29.3. The fraction of sp³-hybridized carbons (Fsp3) is 0.833. The Balaban J connectivity index is 0.922. The molecule has 3 saturated heterocycles. The van der Waals surface area contributed by atoms with Crippen molar-refractivity contribution < 1.29 is 42.8 Å². The highest BCUT2D eigenvalue weighted by atomic mass is 16.6. The molecule has 0 aromatic carbocycles. The van der Waals surface area contributed by atoms with Gasteiger partial charge in [0, 0.05) is 38.9 Å². The van der Waals surface area contributed by atoms with Crippen molar-refractivity contribution in [1.82, 2.24) is 13.7 Å². The summed E-state index contributed by atoms with van der Waals surface area (Å²) < 4.78 is 35.9. The Bertz CT molecular complexity index is 1400. The van der Waals surface area contributed by atoms with Gasteiger partial charge in [-0.15, -0.1) is 0 Å². The molecule has 282 valence electrons. The quantitative estimate of drug-likeness (QED) is 0.122. The van der Waals surface area contributed by atoms with Crippen LogP contribution in [0.1, 0.15) is 96.3 Å². The van der Waals surface area contributed by atoms with Crippen LogP contribution in [0.2, 0.25) is 0 Å². The van der Waals surface area contributed by atoms with Crippen molar-refractivity contribution in [3.8, 4) is 0 Å². The summed E-state index contributed by atoms with van der Waals surface area (Å²) in [5.41, 5.74) is -2.42. The molecule has 6 aliphatic rings. The van der Waals surface area contributed by atoms with E-state index >= 15 is 0 Å². The van der Waals surface area contributed by atoms with Crippen LogP contribution in [0.25, 0.3) is 0 Å². The average Bonchev–Trinajstić information content (AvgIpc) is 4.02. The van der Waals surface area contributed by atoms with E-state index in [1.807, 2.05) is 0 Å². The molecule has 7 rings (SSSR count). The summed E-state index contributed by atoms with van der Waals surface area (Å²) in [5, 5.41) is 0. The van der Waals surface area contributed by atoms with Crippen LogP contribution >= 0.6 is 0 Å². The van der Waals surface area contributed by atoms with E-state index in [1.165, 1.54) is 0 Å². The fourth-order valence-corrected chi connectivity index (χ4v) is 8.16. The Hall–Kier alpha value is -3.30. The van der Waals surface area contributed by atoms with Gasteiger partial charge >= 0.3 is 35.0 Å². The molecular formula is C36H51N3O12. The molecule has 0 amide bonds. The van der Waals surface area contributed by atoms with Gasteiger partial charge in [-0.25, -0.2) is 28.1 Å². The topological polar surface area (TPSA) is 182 Å². The summed E-state index contributed by atoms with van der Waals surface area (Å²) in [4.78, 5) is 77.9. The van der Waals surface area contributed by atoms with Gasteiger partial charge in [0.05, 0.1) is 56.4 Å². The molecule has 6 fully saturated rings. The maximum atomic E-state index is 13.5. The molecule has 15 nitrogen and oxygen atoms in total. The van der Waals surface area contributed by atoms with E-state index < -0.39 is 35.0 Å². The number of rotatable bonds is 18. The number of hydrogen-bond acceptors (Lipinski definition) is 12. The maximum Gasteiger partial charge on any atom is 0.336 e.